The van der Waals surface area contributed by atoms with Crippen LogP contribution in [-0.2, 0) is 14.4 Å². The van der Waals surface area contributed by atoms with Crippen molar-refractivity contribution in [2.75, 3.05) is 31.5 Å². The number of benzene rings is 1. The van der Waals surface area contributed by atoms with Crippen molar-refractivity contribution in [3.63, 3.8) is 0 Å². The fourth-order valence-corrected chi connectivity index (χ4v) is 3.85. The number of nitrogens with zero attached hydrogens (tertiary/aromatic N) is 2. The summed E-state index contributed by atoms with van der Waals surface area (Å²) in [4.78, 5) is 40.0. The van der Waals surface area contributed by atoms with Crippen LogP contribution in [0.1, 0.15) is 43.2 Å². The lowest BCUT2D eigenvalue weighted by atomic mass is 9.97. The van der Waals surface area contributed by atoms with Gasteiger partial charge in [-0.25, -0.2) is 0 Å². The molecule has 7 heteroatoms. The van der Waals surface area contributed by atoms with Crippen LogP contribution in [0.25, 0.3) is 0 Å². The number of aliphatic carboxylic acids is 1. The number of piperidine rings is 1. The molecule has 158 valence electrons. The lowest BCUT2D eigenvalue weighted by molar-refractivity contribution is -0.145. The molecular weight excluding hydrogens is 370 g/mol. The first-order valence-corrected chi connectivity index (χ1v) is 10.4. The summed E-state index contributed by atoms with van der Waals surface area (Å²) in [6, 6.07) is 6.37. The normalized spacial score (nSPS) is 17.4. The first-order valence-electron chi connectivity index (χ1n) is 10.4. The second-order valence-corrected chi connectivity index (χ2v) is 8.31. The van der Waals surface area contributed by atoms with E-state index in [-0.39, 0.29) is 24.3 Å². The molecule has 0 atom stereocenters. The largest absolute Gasteiger partial charge is 0.481 e. The van der Waals surface area contributed by atoms with Gasteiger partial charge >= 0.3 is 5.97 Å². The van der Waals surface area contributed by atoms with E-state index in [9.17, 15) is 14.4 Å². The Morgan fingerprint density at radius 2 is 1.83 bits per heavy atom. The lowest BCUT2D eigenvalue weighted by Crippen LogP contribution is -2.42. The molecule has 2 N–H and O–H groups in total. The summed E-state index contributed by atoms with van der Waals surface area (Å²) in [5, 5.41) is 12.1. The summed E-state index contributed by atoms with van der Waals surface area (Å²) in [6.07, 6.45) is 3.53. The van der Waals surface area contributed by atoms with E-state index in [0.717, 1.165) is 29.7 Å². The van der Waals surface area contributed by atoms with Crippen molar-refractivity contribution in [2.24, 2.45) is 5.92 Å². The molecule has 0 spiro atoms. The van der Waals surface area contributed by atoms with Gasteiger partial charge in [-0.3, -0.25) is 19.3 Å². The van der Waals surface area contributed by atoms with Crippen LogP contribution in [0.2, 0.25) is 0 Å². The van der Waals surface area contributed by atoms with E-state index in [1.54, 1.807) is 4.90 Å². The van der Waals surface area contributed by atoms with Crippen molar-refractivity contribution >= 4 is 23.5 Å². The van der Waals surface area contributed by atoms with Crippen molar-refractivity contribution in [3.05, 3.63) is 29.3 Å². The number of carboxylic acid groups (broad SMARTS) is 1. The number of carbonyl (C=O) groups is 3. The highest BCUT2D eigenvalue weighted by Gasteiger charge is 2.32. The van der Waals surface area contributed by atoms with E-state index in [2.05, 4.69) is 10.2 Å². The zero-order valence-corrected chi connectivity index (χ0v) is 17.3. The Labute approximate surface area is 172 Å². The average molecular weight is 402 g/mol. The molecule has 1 saturated heterocycles. The maximum atomic E-state index is 12.6. The zero-order chi connectivity index (χ0) is 21.0. The monoisotopic (exact) mass is 401 g/mol. The van der Waals surface area contributed by atoms with E-state index in [1.165, 1.54) is 0 Å². The predicted octanol–water partition coefficient (Wildman–Crippen LogP) is 2.42. The Morgan fingerprint density at radius 3 is 2.45 bits per heavy atom. The summed E-state index contributed by atoms with van der Waals surface area (Å²) >= 11 is 0. The number of hydrogen-bond acceptors (Lipinski definition) is 4. The van der Waals surface area contributed by atoms with Crippen LogP contribution in [-0.4, -0.2) is 64.9 Å². The van der Waals surface area contributed by atoms with Gasteiger partial charge in [0.15, 0.2) is 0 Å². The molecule has 7 nitrogen and oxygen atoms in total. The standard InChI is InChI=1S/C22H31N3O4/c1-15-3-4-16(2)19(13-15)23-20(26)14-25(18-5-6-18)12-9-21(27)24-10-7-17(8-11-24)22(28)29/h3-4,13,17-18H,5-12,14H2,1-2H3,(H,23,26)(H,28,29). The fraction of sp³-hybridized carbons (Fsp3) is 0.591. The first-order chi connectivity index (χ1) is 13.8. The van der Waals surface area contributed by atoms with Gasteiger partial charge in [-0.05, 0) is 56.7 Å². The molecule has 1 aromatic carbocycles. The molecule has 2 fully saturated rings. The molecule has 0 unspecified atom stereocenters. The number of rotatable bonds is 8. The Bertz CT molecular complexity index is 767. The summed E-state index contributed by atoms with van der Waals surface area (Å²) in [5.74, 6) is -1.11. The number of aryl methyl sites for hydroxylation is 2. The van der Waals surface area contributed by atoms with Gasteiger partial charge in [0, 0.05) is 37.8 Å². The Kier molecular flexibility index (Phi) is 6.90. The molecule has 29 heavy (non-hydrogen) atoms. The summed E-state index contributed by atoms with van der Waals surface area (Å²) in [7, 11) is 0. The third kappa shape index (κ3) is 6.03. The van der Waals surface area contributed by atoms with Crippen molar-refractivity contribution in [3.8, 4) is 0 Å². The second-order valence-electron chi connectivity index (χ2n) is 8.31. The van der Waals surface area contributed by atoms with E-state index >= 15 is 0 Å². The quantitative estimate of drug-likeness (QED) is 0.698. The van der Waals surface area contributed by atoms with Crippen LogP contribution in [0, 0.1) is 19.8 Å². The smallest absolute Gasteiger partial charge is 0.306 e. The molecule has 2 aliphatic rings. The van der Waals surface area contributed by atoms with Crippen LogP contribution in [0.3, 0.4) is 0 Å². The number of carboxylic acids is 1. The van der Waals surface area contributed by atoms with Gasteiger partial charge in [0.1, 0.15) is 0 Å². The van der Waals surface area contributed by atoms with Gasteiger partial charge in [-0.2, -0.15) is 0 Å². The number of likely N-dealkylation sites (tertiary alicyclic amines) is 1. The SMILES string of the molecule is Cc1ccc(C)c(NC(=O)CN(CCC(=O)N2CCC(C(=O)O)CC2)C2CC2)c1. The van der Waals surface area contributed by atoms with Crippen LogP contribution >= 0.6 is 0 Å². The lowest BCUT2D eigenvalue weighted by Gasteiger charge is -2.31. The molecule has 0 radical (unpaired) electrons. The molecule has 3 rings (SSSR count). The number of carbonyl (C=O) groups excluding carboxylic acids is 2. The molecule has 1 saturated carbocycles. The Hall–Kier alpha value is -2.41. The van der Waals surface area contributed by atoms with Gasteiger partial charge in [0.25, 0.3) is 0 Å². The number of anilines is 1. The minimum absolute atomic E-state index is 0.0504. The topological polar surface area (TPSA) is 90.0 Å². The van der Waals surface area contributed by atoms with E-state index in [4.69, 9.17) is 5.11 Å². The molecule has 1 heterocycles. The van der Waals surface area contributed by atoms with Crippen LogP contribution in [0.5, 0.6) is 0 Å². The highest BCUT2D eigenvalue weighted by molar-refractivity contribution is 5.93. The maximum absolute atomic E-state index is 12.6. The van der Waals surface area contributed by atoms with Gasteiger partial charge in [-0.15, -0.1) is 0 Å². The highest BCUT2D eigenvalue weighted by Crippen LogP contribution is 2.27. The van der Waals surface area contributed by atoms with Crippen LogP contribution in [0.4, 0.5) is 5.69 Å². The average Bonchev–Trinajstić information content (AvgIpc) is 3.53. The third-order valence-electron chi connectivity index (χ3n) is 5.89. The molecular formula is C22H31N3O4. The molecule has 0 aromatic heterocycles. The van der Waals surface area contributed by atoms with Crippen molar-refractivity contribution < 1.29 is 19.5 Å². The molecule has 1 aliphatic heterocycles. The van der Waals surface area contributed by atoms with Crippen LogP contribution < -0.4 is 5.32 Å². The van der Waals surface area contributed by atoms with E-state index in [0.29, 0.717) is 44.9 Å². The highest BCUT2D eigenvalue weighted by atomic mass is 16.4. The summed E-state index contributed by atoms with van der Waals surface area (Å²) in [6.45, 7) is 5.82. The maximum Gasteiger partial charge on any atom is 0.306 e. The molecule has 1 aliphatic carbocycles. The van der Waals surface area contributed by atoms with Gasteiger partial charge in [0.05, 0.1) is 12.5 Å². The van der Waals surface area contributed by atoms with E-state index < -0.39 is 5.97 Å². The molecule has 1 aromatic rings. The van der Waals surface area contributed by atoms with Crippen molar-refractivity contribution in [2.45, 2.75) is 52.0 Å². The zero-order valence-electron chi connectivity index (χ0n) is 17.3. The van der Waals surface area contributed by atoms with E-state index in [1.807, 2.05) is 32.0 Å². The summed E-state index contributed by atoms with van der Waals surface area (Å²) < 4.78 is 0. The van der Waals surface area contributed by atoms with Crippen molar-refractivity contribution in [1.82, 2.24) is 9.80 Å². The predicted molar refractivity (Wildman–Crippen MR) is 111 cm³/mol. The second kappa shape index (κ2) is 9.39. The number of nitrogens with one attached hydrogen (secondary N) is 1. The Balaban J connectivity index is 1.48. The number of amides is 2. The fourth-order valence-electron chi connectivity index (χ4n) is 3.85. The first kappa shape index (κ1) is 21.3. The number of hydrogen-bond donors (Lipinski definition) is 2. The molecule has 0 bridgehead atoms. The molecule has 2 amide bonds. The minimum atomic E-state index is -0.771. The van der Waals surface area contributed by atoms with Crippen molar-refractivity contribution in [1.29, 1.82) is 0 Å². The minimum Gasteiger partial charge on any atom is -0.481 e. The van der Waals surface area contributed by atoms with Gasteiger partial charge in [-0.1, -0.05) is 12.1 Å². The van der Waals surface area contributed by atoms with Gasteiger partial charge in [0.2, 0.25) is 11.8 Å². The summed E-state index contributed by atoms with van der Waals surface area (Å²) in [5.41, 5.74) is 2.97. The van der Waals surface area contributed by atoms with Gasteiger partial charge < -0.3 is 15.3 Å². The third-order valence-corrected chi connectivity index (χ3v) is 5.89. The Morgan fingerprint density at radius 1 is 1.14 bits per heavy atom. The van der Waals surface area contributed by atoms with Crippen LogP contribution in [0.15, 0.2) is 18.2 Å².